The largest absolute Gasteiger partial charge is 0.478 e. The van der Waals surface area contributed by atoms with E-state index in [9.17, 15) is 9.59 Å². The molecule has 0 fully saturated rings. The number of amides is 1. The number of rotatable bonds is 4. The number of carboxylic acids is 1. The summed E-state index contributed by atoms with van der Waals surface area (Å²) in [6.07, 6.45) is 5.62. The zero-order valence-corrected chi connectivity index (χ0v) is 12.4. The molecule has 0 saturated heterocycles. The summed E-state index contributed by atoms with van der Waals surface area (Å²) in [7, 11) is 0. The predicted molar refractivity (Wildman–Crippen MR) is 83.0 cm³/mol. The number of aromatic nitrogens is 1. The van der Waals surface area contributed by atoms with Crippen LogP contribution in [0.15, 0.2) is 53.3 Å². The van der Waals surface area contributed by atoms with Crippen LogP contribution in [-0.2, 0) is 4.79 Å². The Morgan fingerprint density at radius 3 is 2.71 bits per heavy atom. The van der Waals surface area contributed by atoms with E-state index in [0.717, 1.165) is 10.0 Å². The lowest BCUT2D eigenvalue weighted by molar-refractivity contribution is -0.111. The quantitative estimate of drug-likeness (QED) is 0.833. The molecular weight excluding hydrogens is 336 g/mol. The third kappa shape index (κ3) is 4.00. The van der Waals surface area contributed by atoms with E-state index in [1.54, 1.807) is 6.08 Å². The molecule has 2 N–H and O–H groups in total. The highest BCUT2D eigenvalue weighted by molar-refractivity contribution is 9.10. The molecule has 2 rings (SSSR count). The maximum absolute atomic E-state index is 11.8. The second-order valence-corrected chi connectivity index (χ2v) is 4.92. The van der Waals surface area contributed by atoms with Crippen molar-refractivity contribution >= 4 is 39.6 Å². The standard InChI is InChI=1S/C15H11BrN2O3/c16-12-4-2-1-3-10(12)5-6-14(19)18-13-9-17-8-7-11(13)15(20)21/h1-9H,(H,18,19)(H,20,21). The van der Waals surface area contributed by atoms with Crippen LogP contribution in [0.3, 0.4) is 0 Å². The van der Waals surface area contributed by atoms with Crippen LogP contribution in [0.5, 0.6) is 0 Å². The highest BCUT2D eigenvalue weighted by atomic mass is 79.9. The number of carbonyl (C=O) groups excluding carboxylic acids is 1. The molecule has 0 aliphatic rings. The summed E-state index contributed by atoms with van der Waals surface area (Å²) in [6, 6.07) is 8.76. The van der Waals surface area contributed by atoms with Gasteiger partial charge in [0.15, 0.2) is 0 Å². The Morgan fingerprint density at radius 2 is 2.00 bits per heavy atom. The average molecular weight is 347 g/mol. The summed E-state index contributed by atoms with van der Waals surface area (Å²) in [6.45, 7) is 0. The van der Waals surface area contributed by atoms with Gasteiger partial charge in [-0.15, -0.1) is 0 Å². The van der Waals surface area contributed by atoms with Gasteiger partial charge in [-0.2, -0.15) is 0 Å². The number of pyridine rings is 1. The fourth-order valence-corrected chi connectivity index (χ4v) is 2.05. The lowest BCUT2D eigenvalue weighted by atomic mass is 10.2. The molecule has 1 aromatic heterocycles. The monoisotopic (exact) mass is 346 g/mol. The summed E-state index contributed by atoms with van der Waals surface area (Å²) < 4.78 is 0.863. The third-order valence-corrected chi connectivity index (χ3v) is 3.35. The number of carbonyl (C=O) groups is 2. The molecule has 21 heavy (non-hydrogen) atoms. The van der Waals surface area contributed by atoms with Gasteiger partial charge in [0.05, 0.1) is 17.4 Å². The van der Waals surface area contributed by atoms with Gasteiger partial charge in [-0.1, -0.05) is 34.1 Å². The first-order chi connectivity index (χ1) is 10.1. The van der Waals surface area contributed by atoms with Crippen LogP contribution in [0.25, 0.3) is 6.08 Å². The number of nitrogens with zero attached hydrogens (tertiary/aromatic N) is 1. The van der Waals surface area contributed by atoms with E-state index >= 15 is 0 Å². The molecule has 0 aliphatic heterocycles. The highest BCUT2D eigenvalue weighted by Gasteiger charge is 2.10. The SMILES string of the molecule is O=C(C=Cc1ccccc1Br)Nc1cnccc1C(=O)O. The number of anilines is 1. The smallest absolute Gasteiger partial charge is 0.337 e. The Kier molecular flexibility index (Phi) is 4.84. The van der Waals surface area contributed by atoms with Gasteiger partial charge in [-0.25, -0.2) is 4.79 Å². The summed E-state index contributed by atoms with van der Waals surface area (Å²) in [4.78, 5) is 26.7. The number of carboxylic acid groups (broad SMARTS) is 1. The molecule has 0 spiro atoms. The van der Waals surface area contributed by atoms with Crippen molar-refractivity contribution in [2.45, 2.75) is 0 Å². The third-order valence-electron chi connectivity index (χ3n) is 2.63. The lowest BCUT2D eigenvalue weighted by Crippen LogP contribution is -2.12. The molecule has 1 aromatic carbocycles. The number of nitrogens with one attached hydrogen (secondary N) is 1. The van der Waals surface area contributed by atoms with E-state index in [0.29, 0.717) is 0 Å². The summed E-state index contributed by atoms with van der Waals surface area (Å²) in [5, 5.41) is 11.5. The molecule has 0 aliphatic carbocycles. The summed E-state index contributed by atoms with van der Waals surface area (Å²) in [5.74, 6) is -1.55. The van der Waals surface area contributed by atoms with Gasteiger partial charge in [0, 0.05) is 16.7 Å². The fraction of sp³-hybridized carbons (Fsp3) is 0. The van der Waals surface area contributed by atoms with Gasteiger partial charge < -0.3 is 10.4 Å². The molecule has 1 heterocycles. The van der Waals surface area contributed by atoms with Crippen LogP contribution in [-0.4, -0.2) is 22.0 Å². The topological polar surface area (TPSA) is 79.3 Å². The van der Waals surface area contributed by atoms with Crippen molar-refractivity contribution in [3.63, 3.8) is 0 Å². The van der Waals surface area contributed by atoms with Crippen molar-refractivity contribution in [1.29, 1.82) is 0 Å². The first kappa shape index (κ1) is 14.9. The van der Waals surface area contributed by atoms with Gasteiger partial charge in [0.2, 0.25) is 5.91 Å². The highest BCUT2D eigenvalue weighted by Crippen LogP contribution is 2.17. The normalized spacial score (nSPS) is 10.5. The molecular formula is C15H11BrN2O3. The van der Waals surface area contributed by atoms with Crippen LogP contribution in [0, 0.1) is 0 Å². The maximum Gasteiger partial charge on any atom is 0.337 e. The van der Waals surface area contributed by atoms with E-state index in [2.05, 4.69) is 26.2 Å². The fourth-order valence-electron chi connectivity index (χ4n) is 1.63. The van der Waals surface area contributed by atoms with Gasteiger partial charge in [0.25, 0.3) is 0 Å². The van der Waals surface area contributed by atoms with Gasteiger partial charge in [0.1, 0.15) is 0 Å². The van der Waals surface area contributed by atoms with Crippen LogP contribution in [0.1, 0.15) is 15.9 Å². The number of benzene rings is 1. The van der Waals surface area contributed by atoms with Crippen molar-refractivity contribution in [3.8, 4) is 0 Å². The van der Waals surface area contributed by atoms with E-state index < -0.39 is 11.9 Å². The zero-order chi connectivity index (χ0) is 15.2. The Hall–Kier alpha value is -2.47. The van der Waals surface area contributed by atoms with Crippen molar-refractivity contribution < 1.29 is 14.7 Å². The maximum atomic E-state index is 11.8. The van der Waals surface area contributed by atoms with Gasteiger partial charge in [-0.3, -0.25) is 9.78 Å². The molecule has 0 saturated carbocycles. The lowest BCUT2D eigenvalue weighted by Gasteiger charge is -2.05. The second-order valence-electron chi connectivity index (χ2n) is 4.07. The minimum atomic E-state index is -1.12. The predicted octanol–water partition coefficient (Wildman–Crippen LogP) is 3.19. The second kappa shape index (κ2) is 6.81. The summed E-state index contributed by atoms with van der Waals surface area (Å²) in [5.41, 5.74) is 0.997. The molecule has 1 amide bonds. The Bertz CT molecular complexity index is 714. The van der Waals surface area contributed by atoms with Crippen molar-refractivity contribution in [2.24, 2.45) is 0 Å². The molecule has 106 valence electrons. The van der Waals surface area contributed by atoms with E-state index in [1.807, 2.05) is 24.3 Å². The van der Waals surface area contributed by atoms with E-state index in [4.69, 9.17) is 5.11 Å². The molecule has 0 radical (unpaired) electrons. The summed E-state index contributed by atoms with van der Waals surface area (Å²) >= 11 is 3.37. The first-order valence-corrected chi connectivity index (χ1v) is 6.78. The number of hydrogen-bond acceptors (Lipinski definition) is 3. The van der Waals surface area contributed by atoms with E-state index in [-0.39, 0.29) is 11.3 Å². The molecule has 5 nitrogen and oxygen atoms in total. The van der Waals surface area contributed by atoms with Crippen LogP contribution in [0.2, 0.25) is 0 Å². The van der Waals surface area contributed by atoms with Crippen LogP contribution in [0.4, 0.5) is 5.69 Å². The minimum absolute atomic E-state index is 0.00681. The number of aromatic carboxylic acids is 1. The molecule has 0 atom stereocenters. The molecule has 2 aromatic rings. The Labute approximate surface area is 129 Å². The Morgan fingerprint density at radius 1 is 1.24 bits per heavy atom. The number of hydrogen-bond donors (Lipinski definition) is 2. The van der Waals surface area contributed by atoms with Gasteiger partial charge in [-0.05, 0) is 23.8 Å². The van der Waals surface area contributed by atoms with Gasteiger partial charge >= 0.3 is 5.97 Å². The van der Waals surface area contributed by atoms with Crippen LogP contribution < -0.4 is 5.32 Å². The first-order valence-electron chi connectivity index (χ1n) is 5.99. The van der Waals surface area contributed by atoms with Crippen LogP contribution >= 0.6 is 15.9 Å². The van der Waals surface area contributed by atoms with E-state index in [1.165, 1.54) is 24.5 Å². The minimum Gasteiger partial charge on any atom is -0.478 e. The number of halogens is 1. The van der Waals surface area contributed by atoms with Crippen molar-refractivity contribution in [1.82, 2.24) is 4.98 Å². The molecule has 6 heteroatoms. The van der Waals surface area contributed by atoms with Crippen molar-refractivity contribution in [2.75, 3.05) is 5.32 Å². The van der Waals surface area contributed by atoms with Crippen molar-refractivity contribution in [3.05, 3.63) is 64.4 Å². The zero-order valence-electron chi connectivity index (χ0n) is 10.8. The Balaban J connectivity index is 2.13. The molecule has 0 bridgehead atoms. The molecule has 0 unspecified atom stereocenters. The average Bonchev–Trinajstić information content (AvgIpc) is 2.47.